The Morgan fingerprint density at radius 1 is 0.221 bits per heavy atom. The van der Waals surface area contributed by atoms with Gasteiger partial charge in [0.05, 0.1) is 72.6 Å². The second-order valence-corrected chi connectivity index (χ2v) is 37.3. The van der Waals surface area contributed by atoms with Crippen LogP contribution in [0.3, 0.4) is 0 Å². The van der Waals surface area contributed by atoms with Crippen LogP contribution < -0.4 is 0 Å². The molecule has 0 aliphatic heterocycles. The van der Waals surface area contributed by atoms with E-state index in [1.165, 1.54) is 91.6 Å². The van der Waals surface area contributed by atoms with Gasteiger partial charge < -0.3 is 18.1 Å². The lowest BCUT2D eigenvalue weighted by molar-refractivity contribution is 0.666. The predicted molar refractivity (Wildman–Crippen MR) is 581 cm³/mol. The molecule has 0 amide bonds. The Morgan fingerprint density at radius 3 is 0.993 bits per heavy atom. The molecule has 0 saturated heterocycles. The Labute approximate surface area is 811 Å². The number of benzene rings is 19. The van der Waals surface area contributed by atoms with Gasteiger partial charge >= 0.3 is 0 Å². The van der Waals surface area contributed by atoms with E-state index >= 15 is 0 Å². The maximum absolute atomic E-state index is 6.58. The number of aromatic nitrogens is 9. The van der Waals surface area contributed by atoms with Crippen molar-refractivity contribution in [3.63, 3.8) is 0 Å². The van der Waals surface area contributed by atoms with Gasteiger partial charge in [-0.15, -0.1) is 11.3 Å². The number of rotatable bonds is 13. The zero-order valence-corrected chi connectivity index (χ0v) is 77.3. The van der Waals surface area contributed by atoms with Crippen LogP contribution in [0.15, 0.2) is 484 Å². The number of hydrogen-bond acceptors (Lipinski definition) is 8. The first kappa shape index (κ1) is 82.5. The van der Waals surface area contributed by atoms with Crippen molar-refractivity contribution >= 4 is 119 Å². The lowest BCUT2D eigenvalue weighted by Crippen LogP contribution is -2.15. The molecule has 140 heavy (non-hydrogen) atoms. The van der Waals surface area contributed by atoms with Crippen LogP contribution in [0.25, 0.3) is 249 Å². The molecule has 28 rings (SSSR count). The minimum absolute atomic E-state index is 0.151. The zero-order valence-electron chi connectivity index (χ0n) is 76.5. The summed E-state index contributed by atoms with van der Waals surface area (Å²) in [5, 5.41) is 11.9. The van der Waals surface area contributed by atoms with Gasteiger partial charge in [0.15, 0.2) is 17.5 Å². The number of para-hydroxylation sites is 4. The van der Waals surface area contributed by atoms with Crippen LogP contribution in [0.2, 0.25) is 0 Å². The third-order valence-corrected chi connectivity index (χ3v) is 28.8. The second kappa shape index (κ2) is 34.3. The highest BCUT2D eigenvalue weighted by Crippen LogP contribution is 2.55. The summed E-state index contributed by atoms with van der Waals surface area (Å²) in [6, 6.07) is 168. The van der Waals surface area contributed by atoms with E-state index in [9.17, 15) is 0 Å². The van der Waals surface area contributed by atoms with Crippen LogP contribution in [-0.2, 0) is 5.41 Å². The molecule has 27 aromatic rings. The van der Waals surface area contributed by atoms with E-state index in [0.29, 0.717) is 11.6 Å². The van der Waals surface area contributed by atoms with E-state index in [1.807, 2.05) is 90.2 Å². The molecule has 0 unspecified atom stereocenters. The fourth-order valence-corrected chi connectivity index (χ4v) is 22.4. The molecule has 1 aliphatic rings. The molecule has 658 valence electrons. The van der Waals surface area contributed by atoms with Gasteiger partial charge in [-0.25, -0.2) is 29.9 Å². The normalized spacial score (nSPS) is 12.1. The molecule has 0 N–H and O–H groups in total. The number of fused-ring (bicyclic) bond motifs is 21. The first-order valence-corrected chi connectivity index (χ1v) is 48.3. The van der Waals surface area contributed by atoms with Crippen LogP contribution in [-0.4, -0.2) is 43.6 Å². The quantitative estimate of drug-likeness (QED) is 0.113. The van der Waals surface area contributed by atoms with Gasteiger partial charge in [0.25, 0.3) is 0 Å². The van der Waals surface area contributed by atoms with E-state index in [-0.39, 0.29) is 5.41 Å². The summed E-state index contributed by atoms with van der Waals surface area (Å²) in [6.07, 6.45) is 0. The first-order valence-electron chi connectivity index (χ1n) is 47.4. The topological polar surface area (TPSA) is 105 Å². The average molecular weight is 1810 g/mol. The summed E-state index contributed by atoms with van der Waals surface area (Å²) in [6.45, 7) is 4.73. The van der Waals surface area contributed by atoms with Crippen molar-refractivity contribution in [1.29, 1.82) is 0 Å². The van der Waals surface area contributed by atoms with Crippen molar-refractivity contribution in [3.8, 4) is 141 Å². The van der Waals surface area contributed by atoms with Crippen molar-refractivity contribution in [2.24, 2.45) is 0 Å². The van der Waals surface area contributed by atoms with Crippen molar-refractivity contribution in [3.05, 3.63) is 490 Å². The SMILES string of the molecule is CC1(C)c2ccccc2-c2ccc3c(c21)c1cc(-c2nc(-c4ccccc4)cc(-c4ccccc4)n2)ccc1n3-c1ccccc1.c1ccc(-c2cc(-c3ccccc3)nc(-c3ccc4c(c3)c3c5oc6ccccc6c5ccc3n4-c3ccccc3)n2)cc1.c1ccc(-c2cc(-c3ccccc3)nc(-c3ccc4c(c3)c3c5sc6ccccc6c5c(-c5ccccc5)cc3n4-c3ccccc3)n2)cc1. The molecule has 0 spiro atoms. The average Bonchev–Trinajstić information content (AvgIpc) is 1.56. The van der Waals surface area contributed by atoms with Crippen LogP contribution in [0.1, 0.15) is 25.0 Å². The fourth-order valence-electron chi connectivity index (χ4n) is 21.2. The Morgan fingerprint density at radius 2 is 0.557 bits per heavy atom. The monoisotopic (exact) mass is 1810 g/mol. The van der Waals surface area contributed by atoms with E-state index in [2.05, 4.69) is 428 Å². The smallest absolute Gasteiger partial charge is 0.160 e. The van der Waals surface area contributed by atoms with Gasteiger partial charge in [0, 0.05) is 130 Å². The van der Waals surface area contributed by atoms with Gasteiger partial charge in [-0.05, 0) is 179 Å². The molecule has 8 heterocycles. The van der Waals surface area contributed by atoms with Crippen molar-refractivity contribution < 1.29 is 4.42 Å². The van der Waals surface area contributed by atoms with E-state index in [4.69, 9.17) is 34.3 Å². The van der Waals surface area contributed by atoms with Crippen molar-refractivity contribution in [2.75, 3.05) is 0 Å². The lowest BCUT2D eigenvalue weighted by atomic mass is 9.80. The third kappa shape index (κ3) is 14.3. The fraction of sp³-hybridized carbons (Fsp3) is 0.0233. The summed E-state index contributed by atoms with van der Waals surface area (Å²) >= 11 is 1.88. The van der Waals surface area contributed by atoms with Crippen LogP contribution in [0, 0.1) is 0 Å². The third-order valence-electron chi connectivity index (χ3n) is 27.6. The second-order valence-electron chi connectivity index (χ2n) is 36.3. The lowest BCUT2D eigenvalue weighted by Gasteiger charge is -2.22. The molecular formula is C129H85N9OS. The van der Waals surface area contributed by atoms with Crippen molar-refractivity contribution in [1.82, 2.24) is 43.6 Å². The first-order chi connectivity index (χ1) is 69.2. The molecule has 8 aromatic heterocycles. The van der Waals surface area contributed by atoms with Gasteiger partial charge in [-0.1, -0.05) is 347 Å². The number of hydrogen-bond donors (Lipinski definition) is 0. The maximum Gasteiger partial charge on any atom is 0.160 e. The molecule has 0 radical (unpaired) electrons. The summed E-state index contributed by atoms with van der Waals surface area (Å²) < 4.78 is 16.3. The molecule has 0 bridgehead atoms. The standard InChI is InChI=1S/C46H29N3S.C43H31N3.C40H25N3O/c1-5-15-30(16-6-1)36-28-41-44(45-43(36)35-23-13-14-24-42(35)50-45)37-27-33(25-26-40(37)49(41)34-21-11-4-12-22-34)46-47-38(31-17-7-2-8-18-31)29-39(48-46)32-19-9-3-10-20-32;1-43(2)35-21-13-12-20-32(35)33-23-25-39-40(41(33)43)34-26-30(22-24-38(34)46(39)31-18-10-5-11-19-31)42-44-36(28-14-6-3-7-15-28)27-37(45-42)29-16-8-4-9-17-29;1-4-12-26(13-5-1)33-25-34(27-14-6-2-7-15-27)42-40(41-33)28-20-22-35-32(24-28)38-36(43(35)29-16-8-3-9-17-29)23-21-31-30-18-10-11-19-37(30)44-39(31)38/h1-29H;3-27H,1-2H3;1-25H. The summed E-state index contributed by atoms with van der Waals surface area (Å²) in [5.74, 6) is 2.11. The van der Waals surface area contributed by atoms with Gasteiger partial charge in [-0.2, -0.15) is 0 Å². The minimum atomic E-state index is -0.151. The van der Waals surface area contributed by atoms with E-state index < -0.39 is 0 Å². The van der Waals surface area contributed by atoms with Gasteiger partial charge in [0.1, 0.15) is 11.2 Å². The number of thiophene rings is 1. The van der Waals surface area contributed by atoms with Crippen LogP contribution in [0.4, 0.5) is 0 Å². The Hall–Kier alpha value is -18.2. The molecule has 1 aliphatic carbocycles. The molecule has 10 nitrogen and oxygen atoms in total. The number of furan rings is 1. The van der Waals surface area contributed by atoms with Gasteiger partial charge in [-0.3, -0.25) is 0 Å². The summed E-state index contributed by atoms with van der Waals surface area (Å²) in [4.78, 5) is 30.9. The molecule has 11 heteroatoms. The zero-order chi connectivity index (χ0) is 92.9. The molecule has 0 fully saturated rings. The van der Waals surface area contributed by atoms with Crippen LogP contribution in [0.5, 0.6) is 0 Å². The highest BCUT2D eigenvalue weighted by molar-refractivity contribution is 7.27. The predicted octanol–water partition coefficient (Wildman–Crippen LogP) is 34.0. The highest BCUT2D eigenvalue weighted by Gasteiger charge is 2.39. The minimum Gasteiger partial charge on any atom is -0.455 e. The van der Waals surface area contributed by atoms with Gasteiger partial charge in [0.2, 0.25) is 0 Å². The van der Waals surface area contributed by atoms with Crippen molar-refractivity contribution in [2.45, 2.75) is 19.3 Å². The Kier molecular flexibility index (Phi) is 20.2. The molecule has 0 saturated carbocycles. The van der Waals surface area contributed by atoms with Crippen LogP contribution >= 0.6 is 11.3 Å². The van der Waals surface area contributed by atoms with E-state index in [0.717, 1.165) is 156 Å². The Balaban J connectivity index is 0.000000108. The highest BCUT2D eigenvalue weighted by atomic mass is 32.1. The molecule has 0 atom stereocenters. The maximum atomic E-state index is 6.58. The summed E-state index contributed by atoms with van der Waals surface area (Å²) in [5.41, 5.74) is 34.5. The molecule has 19 aromatic carbocycles. The Bertz CT molecular complexity index is 9310. The number of nitrogens with zero attached hydrogens (tertiary/aromatic N) is 9. The van der Waals surface area contributed by atoms with E-state index in [1.54, 1.807) is 0 Å². The summed E-state index contributed by atoms with van der Waals surface area (Å²) in [7, 11) is 0. The molecular weight excluding hydrogens is 1720 g/mol. The largest absolute Gasteiger partial charge is 0.455 e.